The SMILES string of the molecule is CC(C)C(=O)O[C@@H]1c2c(c3c(n2C#N)C(=O)c2c(O)cccc2C3=O)[C@H](O)[C@@H](O)[C@]1(C)O. The maximum Gasteiger partial charge on any atom is 0.309 e. The van der Waals surface area contributed by atoms with E-state index in [1.165, 1.54) is 32.0 Å². The second kappa shape index (κ2) is 7.00. The van der Waals surface area contributed by atoms with E-state index in [-0.39, 0.29) is 27.9 Å². The van der Waals surface area contributed by atoms with Crippen LogP contribution in [0.1, 0.15) is 76.2 Å². The molecule has 1 aromatic carbocycles. The molecule has 10 heteroatoms. The van der Waals surface area contributed by atoms with Gasteiger partial charge in [-0.1, -0.05) is 26.0 Å². The molecule has 2 aliphatic carbocycles. The Hall–Kier alpha value is -3.52. The maximum atomic E-state index is 13.3. The summed E-state index contributed by atoms with van der Waals surface area (Å²) >= 11 is 0. The van der Waals surface area contributed by atoms with Crippen molar-refractivity contribution in [3.63, 3.8) is 0 Å². The number of nitrogens with zero attached hydrogens (tertiary/aromatic N) is 2. The zero-order valence-electron chi connectivity index (χ0n) is 17.4. The number of carbonyl (C=O) groups excluding carboxylic acids is 3. The Morgan fingerprint density at radius 3 is 2.47 bits per heavy atom. The van der Waals surface area contributed by atoms with Crippen molar-refractivity contribution in [1.82, 2.24) is 4.57 Å². The Kier molecular flexibility index (Phi) is 4.74. The van der Waals surface area contributed by atoms with Crippen molar-refractivity contribution in [2.75, 3.05) is 0 Å². The van der Waals surface area contributed by atoms with Crippen molar-refractivity contribution in [3.05, 3.63) is 51.8 Å². The fourth-order valence-corrected chi connectivity index (χ4v) is 4.27. The molecule has 10 nitrogen and oxygen atoms in total. The number of hydrogen-bond donors (Lipinski definition) is 4. The number of aliphatic hydroxyl groups is 3. The van der Waals surface area contributed by atoms with Crippen molar-refractivity contribution < 1.29 is 39.5 Å². The number of ether oxygens (including phenoxy) is 1. The Morgan fingerprint density at radius 1 is 1.22 bits per heavy atom. The van der Waals surface area contributed by atoms with E-state index in [2.05, 4.69) is 0 Å². The molecule has 1 aromatic heterocycles. The third-order valence-electron chi connectivity index (χ3n) is 5.98. The molecular formula is C22H20N2O8. The van der Waals surface area contributed by atoms with Crippen LogP contribution >= 0.6 is 0 Å². The fraction of sp³-hybridized carbons (Fsp3) is 0.364. The van der Waals surface area contributed by atoms with Crippen molar-refractivity contribution in [1.29, 1.82) is 5.26 Å². The van der Waals surface area contributed by atoms with Gasteiger partial charge in [-0.3, -0.25) is 14.4 Å². The van der Waals surface area contributed by atoms with E-state index < -0.39 is 58.8 Å². The first-order valence-electron chi connectivity index (χ1n) is 9.84. The summed E-state index contributed by atoms with van der Waals surface area (Å²) in [5, 5.41) is 52.4. The number of phenolic OH excluding ortho intramolecular Hbond substituents is 1. The number of aromatic hydroxyl groups is 1. The molecule has 32 heavy (non-hydrogen) atoms. The smallest absolute Gasteiger partial charge is 0.309 e. The highest BCUT2D eigenvalue weighted by molar-refractivity contribution is 6.29. The number of aromatic nitrogens is 1. The topological polar surface area (TPSA) is 170 Å². The third kappa shape index (κ3) is 2.65. The number of aliphatic hydroxyl groups excluding tert-OH is 2. The largest absolute Gasteiger partial charge is 0.507 e. The predicted octanol–water partition coefficient (Wildman–Crippen LogP) is 0.697. The number of hydrogen-bond acceptors (Lipinski definition) is 9. The van der Waals surface area contributed by atoms with Gasteiger partial charge < -0.3 is 25.2 Å². The van der Waals surface area contributed by atoms with Gasteiger partial charge in [-0.25, -0.2) is 4.57 Å². The molecule has 166 valence electrons. The first-order valence-corrected chi connectivity index (χ1v) is 9.84. The van der Waals surface area contributed by atoms with E-state index in [1.807, 2.05) is 0 Å². The lowest BCUT2D eigenvalue weighted by molar-refractivity contribution is -0.205. The van der Waals surface area contributed by atoms with Gasteiger partial charge in [0.2, 0.25) is 5.78 Å². The highest BCUT2D eigenvalue weighted by Crippen LogP contribution is 2.50. The van der Waals surface area contributed by atoms with Gasteiger partial charge in [0.05, 0.1) is 22.7 Å². The first kappa shape index (κ1) is 21.7. The van der Waals surface area contributed by atoms with Crippen LogP contribution < -0.4 is 0 Å². The maximum absolute atomic E-state index is 13.3. The van der Waals surface area contributed by atoms with Gasteiger partial charge in [0.25, 0.3) is 0 Å². The minimum absolute atomic E-state index is 0.143. The van der Waals surface area contributed by atoms with Crippen LogP contribution in [0.25, 0.3) is 0 Å². The molecule has 0 fully saturated rings. The van der Waals surface area contributed by atoms with Gasteiger partial charge in [0, 0.05) is 11.1 Å². The Labute approximate surface area is 181 Å². The second-order valence-corrected chi connectivity index (χ2v) is 8.40. The molecule has 2 aliphatic rings. The van der Waals surface area contributed by atoms with Gasteiger partial charge >= 0.3 is 5.97 Å². The van der Waals surface area contributed by atoms with Gasteiger partial charge in [-0.05, 0) is 13.0 Å². The average Bonchev–Trinajstić information content (AvgIpc) is 3.08. The lowest BCUT2D eigenvalue weighted by Gasteiger charge is -2.42. The normalized spacial score (nSPS) is 26.2. The highest BCUT2D eigenvalue weighted by Gasteiger charge is 2.57. The molecule has 4 N–H and O–H groups in total. The van der Waals surface area contributed by atoms with E-state index in [0.717, 1.165) is 6.92 Å². The van der Waals surface area contributed by atoms with Crippen molar-refractivity contribution in [2.24, 2.45) is 5.92 Å². The van der Waals surface area contributed by atoms with Gasteiger partial charge in [0.15, 0.2) is 18.1 Å². The molecule has 0 bridgehead atoms. The summed E-state index contributed by atoms with van der Waals surface area (Å²) < 4.78 is 6.11. The van der Waals surface area contributed by atoms with Crippen LogP contribution in [0, 0.1) is 17.4 Å². The molecule has 0 saturated carbocycles. The van der Waals surface area contributed by atoms with Crippen LogP contribution in [-0.4, -0.2) is 54.2 Å². The van der Waals surface area contributed by atoms with Crippen LogP contribution in [0.3, 0.4) is 0 Å². The zero-order chi connectivity index (χ0) is 23.7. The fourth-order valence-electron chi connectivity index (χ4n) is 4.27. The molecule has 2 aromatic rings. The molecule has 0 spiro atoms. The predicted molar refractivity (Wildman–Crippen MR) is 106 cm³/mol. The zero-order valence-corrected chi connectivity index (χ0v) is 17.4. The number of fused-ring (bicyclic) bond motifs is 4. The summed E-state index contributed by atoms with van der Waals surface area (Å²) in [6.45, 7) is 4.18. The Bertz CT molecular complexity index is 1230. The number of esters is 1. The number of benzene rings is 1. The van der Waals surface area contributed by atoms with Crippen molar-refractivity contribution in [3.8, 4) is 11.9 Å². The van der Waals surface area contributed by atoms with E-state index in [0.29, 0.717) is 4.57 Å². The lowest BCUT2D eigenvalue weighted by atomic mass is 9.75. The molecule has 0 aliphatic heterocycles. The summed E-state index contributed by atoms with van der Waals surface area (Å²) in [7, 11) is 0. The number of ketones is 2. The lowest BCUT2D eigenvalue weighted by Crippen LogP contribution is -2.53. The number of carbonyl (C=O) groups is 3. The molecule has 4 rings (SSSR count). The molecule has 0 unspecified atom stereocenters. The molecule has 0 saturated heterocycles. The van der Waals surface area contributed by atoms with Gasteiger partial charge in [0.1, 0.15) is 29.3 Å². The minimum Gasteiger partial charge on any atom is -0.507 e. The van der Waals surface area contributed by atoms with Crippen LogP contribution in [0.2, 0.25) is 0 Å². The third-order valence-corrected chi connectivity index (χ3v) is 5.98. The highest BCUT2D eigenvalue weighted by atomic mass is 16.6. The summed E-state index contributed by atoms with van der Waals surface area (Å²) in [6.07, 6.45) is -3.71. The monoisotopic (exact) mass is 440 g/mol. The first-order chi connectivity index (χ1) is 14.9. The molecule has 4 atom stereocenters. The van der Waals surface area contributed by atoms with Crippen LogP contribution in [0.5, 0.6) is 5.75 Å². The number of nitriles is 1. The van der Waals surface area contributed by atoms with Crippen LogP contribution in [0.4, 0.5) is 0 Å². The quantitative estimate of drug-likeness (QED) is 0.419. The Balaban J connectivity index is 2.07. The molecule has 0 radical (unpaired) electrons. The minimum atomic E-state index is -2.26. The molecule has 1 heterocycles. The van der Waals surface area contributed by atoms with E-state index in [4.69, 9.17) is 4.74 Å². The standard InChI is InChI=1S/C22H20N2O8/c1-8(2)21(30)32-20-15-13(18(28)19(29)22(20,3)31)12-14(24(15)7-23)17(27)11-9(16(12)26)5-4-6-10(11)25/h4-6,8,18-20,25,28-29,31H,1-3H3/t18-,19+,20+,22-/m0/s1. The van der Waals surface area contributed by atoms with E-state index in [1.54, 1.807) is 6.19 Å². The molecule has 0 amide bonds. The number of phenols is 1. The van der Waals surface area contributed by atoms with E-state index in [9.17, 15) is 40.1 Å². The van der Waals surface area contributed by atoms with Crippen LogP contribution in [-0.2, 0) is 9.53 Å². The summed E-state index contributed by atoms with van der Waals surface area (Å²) in [6, 6.07) is 3.89. The summed E-state index contributed by atoms with van der Waals surface area (Å²) in [4.78, 5) is 38.9. The van der Waals surface area contributed by atoms with Crippen molar-refractivity contribution in [2.45, 2.75) is 44.7 Å². The Morgan fingerprint density at radius 2 is 1.88 bits per heavy atom. The molecular weight excluding hydrogens is 420 g/mol. The van der Waals surface area contributed by atoms with Gasteiger partial charge in [-0.2, -0.15) is 5.26 Å². The average molecular weight is 440 g/mol. The summed E-state index contributed by atoms with van der Waals surface area (Å²) in [5.41, 5.74) is -4.08. The van der Waals surface area contributed by atoms with E-state index >= 15 is 0 Å². The van der Waals surface area contributed by atoms with Crippen LogP contribution in [0.15, 0.2) is 18.2 Å². The number of rotatable bonds is 2. The summed E-state index contributed by atoms with van der Waals surface area (Å²) in [5.74, 6) is -3.50. The van der Waals surface area contributed by atoms with Gasteiger partial charge in [-0.15, -0.1) is 0 Å². The van der Waals surface area contributed by atoms with Crippen molar-refractivity contribution >= 4 is 17.5 Å². The second-order valence-electron chi connectivity index (χ2n) is 8.40.